The van der Waals surface area contributed by atoms with Gasteiger partial charge >= 0.3 is 0 Å². The molecule has 0 radical (unpaired) electrons. The molecule has 2 fully saturated rings. The Morgan fingerprint density at radius 3 is 2.79 bits per heavy atom. The molecule has 3 rings (SSSR count). The average molecular weight is 262 g/mol. The average Bonchev–Trinajstić information content (AvgIpc) is 3.20. The summed E-state index contributed by atoms with van der Waals surface area (Å²) in [5.41, 5.74) is 0. The smallest absolute Gasteiger partial charge is 0.240 e. The Balaban J connectivity index is 1.67. The first kappa shape index (κ1) is 12.7. The lowest BCUT2D eigenvalue weighted by molar-refractivity contribution is -0.135. The van der Waals surface area contributed by atoms with E-state index in [1.54, 1.807) is 0 Å². The van der Waals surface area contributed by atoms with E-state index in [4.69, 9.17) is 4.42 Å². The maximum absolute atomic E-state index is 12.6. The van der Waals surface area contributed by atoms with Crippen LogP contribution in [0.25, 0.3) is 0 Å². The number of hydrogen-bond acceptors (Lipinski definition) is 3. The van der Waals surface area contributed by atoms with Crippen LogP contribution in [0.3, 0.4) is 0 Å². The fourth-order valence-electron chi connectivity index (χ4n) is 2.77. The first-order valence-electron chi connectivity index (χ1n) is 7.33. The van der Waals surface area contributed by atoms with Crippen LogP contribution in [-0.4, -0.2) is 29.4 Å². The molecule has 4 nitrogen and oxygen atoms in total. The molecule has 1 amide bonds. The van der Waals surface area contributed by atoms with Crippen LogP contribution in [0.1, 0.15) is 43.6 Å². The van der Waals surface area contributed by atoms with Gasteiger partial charge in [-0.2, -0.15) is 0 Å². The summed E-state index contributed by atoms with van der Waals surface area (Å²) in [4.78, 5) is 14.6. The van der Waals surface area contributed by atoms with Gasteiger partial charge in [-0.1, -0.05) is 6.42 Å². The highest BCUT2D eigenvalue weighted by atomic mass is 16.3. The van der Waals surface area contributed by atoms with Crippen LogP contribution in [0, 0.1) is 6.92 Å². The summed E-state index contributed by atoms with van der Waals surface area (Å²) in [6.45, 7) is 3.53. The Kier molecular flexibility index (Phi) is 3.60. The van der Waals surface area contributed by atoms with Crippen LogP contribution in [0.4, 0.5) is 0 Å². The third-order valence-corrected chi connectivity index (χ3v) is 4.00. The Morgan fingerprint density at radius 1 is 1.37 bits per heavy atom. The van der Waals surface area contributed by atoms with Gasteiger partial charge in [-0.3, -0.25) is 4.79 Å². The van der Waals surface area contributed by atoms with E-state index >= 15 is 0 Å². The molecule has 1 saturated heterocycles. The number of nitrogens with one attached hydrogen (secondary N) is 1. The minimum Gasteiger partial charge on any atom is -0.464 e. The van der Waals surface area contributed by atoms with Crippen LogP contribution < -0.4 is 5.32 Å². The van der Waals surface area contributed by atoms with Gasteiger partial charge in [-0.05, 0) is 51.3 Å². The van der Waals surface area contributed by atoms with E-state index in [1.165, 1.54) is 6.42 Å². The summed E-state index contributed by atoms with van der Waals surface area (Å²) in [6.07, 6.45) is 5.59. The molecule has 19 heavy (non-hydrogen) atoms. The van der Waals surface area contributed by atoms with Crippen LogP contribution in [0.2, 0.25) is 0 Å². The normalized spacial score (nSPS) is 23.3. The molecule has 2 heterocycles. The monoisotopic (exact) mass is 262 g/mol. The van der Waals surface area contributed by atoms with E-state index in [1.807, 2.05) is 24.0 Å². The van der Waals surface area contributed by atoms with E-state index in [-0.39, 0.29) is 11.9 Å². The van der Waals surface area contributed by atoms with E-state index in [0.717, 1.165) is 43.7 Å². The summed E-state index contributed by atoms with van der Waals surface area (Å²) in [5.74, 6) is 2.07. The zero-order chi connectivity index (χ0) is 13.2. The largest absolute Gasteiger partial charge is 0.464 e. The second kappa shape index (κ2) is 5.37. The van der Waals surface area contributed by atoms with Gasteiger partial charge in [0.05, 0.1) is 12.6 Å². The number of nitrogens with zero attached hydrogens (tertiary/aromatic N) is 1. The second-order valence-corrected chi connectivity index (χ2v) is 5.71. The number of furan rings is 1. The predicted octanol–water partition coefficient (Wildman–Crippen LogP) is 2.22. The summed E-state index contributed by atoms with van der Waals surface area (Å²) in [7, 11) is 0. The van der Waals surface area contributed by atoms with Gasteiger partial charge in [0.15, 0.2) is 0 Å². The van der Waals surface area contributed by atoms with E-state index in [0.29, 0.717) is 12.6 Å². The van der Waals surface area contributed by atoms with Crippen molar-refractivity contribution in [3.8, 4) is 0 Å². The van der Waals surface area contributed by atoms with Crippen molar-refractivity contribution in [2.24, 2.45) is 0 Å². The molecule has 0 aromatic carbocycles. The summed E-state index contributed by atoms with van der Waals surface area (Å²) >= 11 is 0. The highest BCUT2D eigenvalue weighted by molar-refractivity contribution is 5.82. The lowest BCUT2D eigenvalue weighted by Gasteiger charge is -2.29. The maximum Gasteiger partial charge on any atom is 0.240 e. The van der Waals surface area contributed by atoms with Gasteiger partial charge < -0.3 is 14.6 Å². The third kappa shape index (κ3) is 3.00. The third-order valence-electron chi connectivity index (χ3n) is 4.00. The molecule has 1 aliphatic carbocycles. The standard InChI is InChI=1S/C15H22N2O2/c1-11-5-8-13(19-11)10-17(12-6-7-12)15(18)14-4-2-3-9-16-14/h5,8,12,14,16H,2-4,6-7,9-10H2,1H3. The van der Waals surface area contributed by atoms with Gasteiger partial charge in [0.1, 0.15) is 11.5 Å². The van der Waals surface area contributed by atoms with Crippen molar-refractivity contribution in [1.82, 2.24) is 10.2 Å². The zero-order valence-electron chi connectivity index (χ0n) is 11.5. The van der Waals surface area contributed by atoms with Gasteiger partial charge in [0, 0.05) is 6.04 Å². The molecule has 1 aliphatic heterocycles. The molecular weight excluding hydrogens is 240 g/mol. The molecule has 1 atom stereocenters. The van der Waals surface area contributed by atoms with Crippen molar-refractivity contribution in [1.29, 1.82) is 0 Å². The zero-order valence-corrected chi connectivity index (χ0v) is 11.5. The molecule has 0 spiro atoms. The van der Waals surface area contributed by atoms with Crippen molar-refractivity contribution in [2.75, 3.05) is 6.54 Å². The van der Waals surface area contributed by atoms with E-state index in [2.05, 4.69) is 5.32 Å². The lowest BCUT2D eigenvalue weighted by atomic mass is 10.0. The number of rotatable bonds is 4. The molecule has 1 unspecified atom stereocenters. The van der Waals surface area contributed by atoms with Crippen molar-refractivity contribution in [3.05, 3.63) is 23.7 Å². The van der Waals surface area contributed by atoms with Gasteiger partial charge in [0.25, 0.3) is 0 Å². The Bertz CT molecular complexity index is 445. The molecule has 1 aromatic heterocycles. The molecular formula is C15H22N2O2. The quantitative estimate of drug-likeness (QED) is 0.905. The topological polar surface area (TPSA) is 45.5 Å². The number of piperidine rings is 1. The number of hydrogen-bond donors (Lipinski definition) is 1. The van der Waals surface area contributed by atoms with Crippen molar-refractivity contribution in [2.45, 2.75) is 57.7 Å². The number of carbonyl (C=O) groups excluding carboxylic acids is 1. The SMILES string of the molecule is Cc1ccc(CN(C(=O)C2CCCCN2)C2CC2)o1. The van der Waals surface area contributed by atoms with E-state index < -0.39 is 0 Å². The fraction of sp³-hybridized carbons (Fsp3) is 0.667. The fourth-order valence-corrected chi connectivity index (χ4v) is 2.77. The van der Waals surface area contributed by atoms with Crippen LogP contribution in [0.15, 0.2) is 16.5 Å². The minimum atomic E-state index is 0.0189. The summed E-state index contributed by atoms with van der Waals surface area (Å²) in [6, 6.07) is 4.39. The molecule has 1 saturated carbocycles. The number of carbonyl (C=O) groups is 1. The van der Waals surface area contributed by atoms with Crippen LogP contribution >= 0.6 is 0 Å². The Hall–Kier alpha value is -1.29. The van der Waals surface area contributed by atoms with Crippen LogP contribution in [-0.2, 0) is 11.3 Å². The molecule has 1 N–H and O–H groups in total. The first-order chi connectivity index (χ1) is 9.24. The predicted molar refractivity (Wildman–Crippen MR) is 72.7 cm³/mol. The lowest BCUT2D eigenvalue weighted by Crippen LogP contribution is -2.49. The molecule has 4 heteroatoms. The number of amides is 1. The molecule has 0 bridgehead atoms. The summed E-state index contributed by atoms with van der Waals surface area (Å²) < 4.78 is 5.62. The Morgan fingerprint density at radius 2 is 2.21 bits per heavy atom. The first-order valence-corrected chi connectivity index (χ1v) is 7.33. The van der Waals surface area contributed by atoms with Crippen molar-refractivity contribution < 1.29 is 9.21 Å². The summed E-state index contributed by atoms with van der Waals surface area (Å²) in [5, 5.41) is 3.35. The second-order valence-electron chi connectivity index (χ2n) is 5.71. The van der Waals surface area contributed by atoms with Crippen molar-refractivity contribution in [3.63, 3.8) is 0 Å². The van der Waals surface area contributed by atoms with Gasteiger partial charge in [-0.25, -0.2) is 0 Å². The van der Waals surface area contributed by atoms with Gasteiger partial charge in [-0.15, -0.1) is 0 Å². The van der Waals surface area contributed by atoms with Crippen LogP contribution in [0.5, 0.6) is 0 Å². The highest BCUT2D eigenvalue weighted by Gasteiger charge is 2.36. The molecule has 2 aliphatic rings. The van der Waals surface area contributed by atoms with Gasteiger partial charge in [0.2, 0.25) is 5.91 Å². The number of aryl methyl sites for hydroxylation is 1. The maximum atomic E-state index is 12.6. The van der Waals surface area contributed by atoms with E-state index in [9.17, 15) is 4.79 Å². The molecule has 1 aromatic rings. The van der Waals surface area contributed by atoms with Crippen molar-refractivity contribution >= 4 is 5.91 Å². The Labute approximate surface area is 114 Å². The molecule has 104 valence electrons. The highest BCUT2D eigenvalue weighted by Crippen LogP contribution is 2.30. The minimum absolute atomic E-state index is 0.0189.